The van der Waals surface area contributed by atoms with Crippen molar-refractivity contribution in [3.63, 3.8) is 0 Å². The molecular formula is C23H35NO7. The summed E-state index contributed by atoms with van der Waals surface area (Å²) in [6, 6.07) is 4.60. The molecule has 8 heteroatoms. The van der Waals surface area contributed by atoms with Gasteiger partial charge in [-0.15, -0.1) is 0 Å². The molecule has 1 aliphatic rings. The third kappa shape index (κ3) is 8.20. The molecule has 1 aromatic rings. The lowest BCUT2D eigenvalue weighted by Crippen LogP contribution is -2.37. The van der Waals surface area contributed by atoms with E-state index >= 15 is 0 Å². The highest BCUT2D eigenvalue weighted by Crippen LogP contribution is 2.25. The number of hydrogen-bond donors (Lipinski definition) is 0. The van der Waals surface area contributed by atoms with Crippen LogP contribution in [0.3, 0.4) is 0 Å². The smallest absolute Gasteiger partial charge is 0.357 e. The van der Waals surface area contributed by atoms with E-state index < -0.39 is 24.1 Å². The molecule has 0 radical (unpaired) electrons. The molecule has 31 heavy (non-hydrogen) atoms. The standard InChI is InChI=1S/C23H35NO7/c1-22(2,3)18-14-28-12-10-27-11-13-29-15-19(23(4,5)6)31-21(26)17-9-7-8-16(24-17)20(25)30-18/h7-9,18-19H,10-15H2,1-6H3/t18-,19-/m1/s1. The second-order valence-corrected chi connectivity index (χ2v) is 9.69. The predicted octanol–water partition coefficient (Wildman–Crippen LogP) is 3.29. The Kier molecular flexibility index (Phi) is 8.97. The normalized spacial score (nSPS) is 23.3. The Balaban J connectivity index is 2.26. The number of carbonyl (C=O) groups excluding carboxylic acids is 2. The van der Waals surface area contributed by atoms with E-state index in [2.05, 4.69) is 4.98 Å². The number of fused-ring (bicyclic) bond motifs is 2. The van der Waals surface area contributed by atoms with Gasteiger partial charge in [0.25, 0.3) is 0 Å². The molecule has 0 unspecified atom stereocenters. The van der Waals surface area contributed by atoms with E-state index in [0.29, 0.717) is 26.4 Å². The zero-order valence-electron chi connectivity index (χ0n) is 19.4. The molecule has 0 amide bonds. The highest BCUT2D eigenvalue weighted by molar-refractivity contribution is 5.91. The minimum absolute atomic E-state index is 0.0386. The number of carbonyl (C=O) groups is 2. The second-order valence-electron chi connectivity index (χ2n) is 9.69. The molecule has 0 saturated carbocycles. The number of ether oxygens (including phenoxy) is 5. The van der Waals surface area contributed by atoms with Gasteiger partial charge in [0, 0.05) is 10.8 Å². The van der Waals surface area contributed by atoms with Gasteiger partial charge in [-0.1, -0.05) is 47.6 Å². The third-order valence-electron chi connectivity index (χ3n) is 4.88. The lowest BCUT2D eigenvalue weighted by molar-refractivity contribution is -0.0657. The van der Waals surface area contributed by atoms with Crippen molar-refractivity contribution < 1.29 is 33.3 Å². The monoisotopic (exact) mass is 437 g/mol. The van der Waals surface area contributed by atoms with E-state index in [9.17, 15) is 9.59 Å². The molecule has 2 bridgehead atoms. The van der Waals surface area contributed by atoms with Crippen LogP contribution in [-0.4, -0.2) is 68.8 Å². The first-order chi connectivity index (χ1) is 14.5. The van der Waals surface area contributed by atoms with Crippen LogP contribution in [0.15, 0.2) is 18.2 Å². The van der Waals surface area contributed by atoms with Gasteiger partial charge in [-0.3, -0.25) is 0 Å². The highest BCUT2D eigenvalue weighted by Gasteiger charge is 2.31. The zero-order valence-corrected chi connectivity index (χ0v) is 19.4. The van der Waals surface area contributed by atoms with E-state index in [0.717, 1.165) is 0 Å². The molecule has 174 valence electrons. The Morgan fingerprint density at radius 2 is 1.10 bits per heavy atom. The Hall–Kier alpha value is -2.03. The first kappa shape index (κ1) is 25.2. The average molecular weight is 438 g/mol. The molecule has 1 aliphatic heterocycles. The van der Waals surface area contributed by atoms with Crippen molar-refractivity contribution in [2.75, 3.05) is 39.6 Å². The van der Waals surface area contributed by atoms with Crippen molar-refractivity contribution in [3.8, 4) is 0 Å². The number of rotatable bonds is 0. The summed E-state index contributed by atoms with van der Waals surface area (Å²) in [4.78, 5) is 29.6. The van der Waals surface area contributed by atoms with Crippen molar-refractivity contribution in [3.05, 3.63) is 29.6 Å². The van der Waals surface area contributed by atoms with Crippen LogP contribution >= 0.6 is 0 Å². The van der Waals surface area contributed by atoms with Gasteiger partial charge in [-0.25, -0.2) is 14.6 Å². The van der Waals surface area contributed by atoms with Gasteiger partial charge in [0.05, 0.1) is 39.6 Å². The molecule has 2 rings (SSSR count). The maximum absolute atomic E-state index is 12.7. The van der Waals surface area contributed by atoms with Crippen LogP contribution in [0.1, 0.15) is 62.5 Å². The van der Waals surface area contributed by atoms with Crippen LogP contribution < -0.4 is 0 Å². The van der Waals surface area contributed by atoms with Crippen LogP contribution in [0.2, 0.25) is 0 Å². The number of pyridine rings is 1. The topological polar surface area (TPSA) is 93.2 Å². The minimum atomic E-state index is -0.619. The summed E-state index contributed by atoms with van der Waals surface area (Å²) in [5.41, 5.74) is -0.614. The van der Waals surface area contributed by atoms with E-state index in [1.807, 2.05) is 41.5 Å². The molecule has 0 fully saturated rings. The predicted molar refractivity (Wildman–Crippen MR) is 114 cm³/mol. The van der Waals surface area contributed by atoms with Crippen LogP contribution in [0.5, 0.6) is 0 Å². The lowest BCUT2D eigenvalue weighted by atomic mass is 9.89. The van der Waals surface area contributed by atoms with E-state index in [1.54, 1.807) is 6.07 Å². The van der Waals surface area contributed by atoms with Crippen molar-refractivity contribution in [1.82, 2.24) is 4.98 Å². The molecule has 1 aromatic heterocycles. The van der Waals surface area contributed by atoms with Crippen molar-refractivity contribution in [2.24, 2.45) is 10.8 Å². The molecule has 0 spiro atoms. The molecule has 2 atom stereocenters. The number of cyclic esters (lactones) is 2. The number of aromatic nitrogens is 1. The summed E-state index contributed by atoms with van der Waals surface area (Å²) < 4.78 is 28.2. The van der Waals surface area contributed by atoms with Gasteiger partial charge in [-0.2, -0.15) is 0 Å². The quantitative estimate of drug-likeness (QED) is 0.571. The van der Waals surface area contributed by atoms with Crippen LogP contribution in [-0.2, 0) is 23.7 Å². The van der Waals surface area contributed by atoms with Gasteiger partial charge >= 0.3 is 11.9 Å². The van der Waals surface area contributed by atoms with Crippen molar-refractivity contribution in [1.29, 1.82) is 0 Å². The summed E-state index contributed by atoms with van der Waals surface area (Å²) >= 11 is 0. The molecule has 0 N–H and O–H groups in total. The summed E-state index contributed by atoms with van der Waals surface area (Å²) in [7, 11) is 0. The molecule has 0 aliphatic carbocycles. The fraction of sp³-hybridized carbons (Fsp3) is 0.696. The van der Waals surface area contributed by atoms with Crippen molar-refractivity contribution in [2.45, 2.75) is 53.8 Å². The number of nitrogens with zero attached hydrogens (tertiary/aromatic N) is 1. The maximum atomic E-state index is 12.7. The molecular weight excluding hydrogens is 402 g/mol. The third-order valence-corrected chi connectivity index (χ3v) is 4.88. The second kappa shape index (κ2) is 11.0. The Morgan fingerprint density at radius 3 is 1.48 bits per heavy atom. The first-order valence-corrected chi connectivity index (χ1v) is 10.6. The van der Waals surface area contributed by atoms with E-state index in [4.69, 9.17) is 23.7 Å². The Morgan fingerprint density at radius 1 is 0.710 bits per heavy atom. The van der Waals surface area contributed by atoms with Crippen LogP contribution in [0, 0.1) is 10.8 Å². The van der Waals surface area contributed by atoms with Crippen LogP contribution in [0.25, 0.3) is 0 Å². The number of esters is 2. The Labute approximate surface area is 184 Å². The Bertz CT molecular complexity index is 679. The fourth-order valence-corrected chi connectivity index (χ4v) is 2.68. The summed E-state index contributed by atoms with van der Waals surface area (Å²) in [5.74, 6) is -1.24. The SMILES string of the molecule is CC(C)(C)[C@H]1COCCOCCOC[C@H](C(C)(C)C)OC(=O)c2cccc(n2)C(=O)O1. The highest BCUT2D eigenvalue weighted by atomic mass is 16.6. The van der Waals surface area contributed by atoms with Gasteiger partial charge in [0.1, 0.15) is 23.6 Å². The first-order valence-electron chi connectivity index (χ1n) is 10.6. The van der Waals surface area contributed by atoms with Gasteiger partial charge in [0.2, 0.25) is 0 Å². The molecule has 2 heterocycles. The van der Waals surface area contributed by atoms with Gasteiger partial charge in [-0.05, 0) is 12.1 Å². The maximum Gasteiger partial charge on any atom is 0.357 e. The zero-order chi connectivity index (χ0) is 23.1. The number of hydrogen-bond acceptors (Lipinski definition) is 8. The molecule has 8 nitrogen and oxygen atoms in total. The average Bonchev–Trinajstić information content (AvgIpc) is 2.68. The largest absolute Gasteiger partial charge is 0.455 e. The molecule has 0 saturated heterocycles. The summed E-state index contributed by atoms with van der Waals surface area (Å²) in [6.45, 7) is 13.8. The summed E-state index contributed by atoms with van der Waals surface area (Å²) in [6.07, 6.45) is -0.991. The van der Waals surface area contributed by atoms with Gasteiger partial charge < -0.3 is 23.7 Å². The lowest BCUT2D eigenvalue weighted by Gasteiger charge is -2.30. The van der Waals surface area contributed by atoms with Gasteiger partial charge in [0.15, 0.2) is 0 Å². The molecule has 0 aromatic carbocycles. The van der Waals surface area contributed by atoms with E-state index in [-0.39, 0.29) is 35.4 Å². The van der Waals surface area contributed by atoms with E-state index in [1.165, 1.54) is 12.1 Å². The minimum Gasteiger partial charge on any atom is -0.455 e. The van der Waals surface area contributed by atoms with Crippen LogP contribution in [0.4, 0.5) is 0 Å². The fourth-order valence-electron chi connectivity index (χ4n) is 2.68. The summed E-state index contributed by atoms with van der Waals surface area (Å²) in [5, 5.41) is 0. The van der Waals surface area contributed by atoms with Crippen molar-refractivity contribution >= 4 is 11.9 Å².